The first kappa shape index (κ1) is 23.1. The van der Waals surface area contributed by atoms with Crippen LogP contribution in [-0.4, -0.2) is 47.9 Å². The van der Waals surface area contributed by atoms with Crippen molar-refractivity contribution in [1.29, 1.82) is 0 Å². The monoisotopic (exact) mass is 439 g/mol. The van der Waals surface area contributed by atoms with E-state index in [-0.39, 0.29) is 19.0 Å². The van der Waals surface area contributed by atoms with Gasteiger partial charge in [0.2, 0.25) is 5.91 Å². The molecule has 170 valence electrons. The number of hydrogen-bond donors (Lipinski definition) is 2. The summed E-state index contributed by atoms with van der Waals surface area (Å²) in [5, 5.41) is 5.50. The van der Waals surface area contributed by atoms with Gasteiger partial charge in [0.15, 0.2) is 11.5 Å². The minimum atomic E-state index is -0.833. The summed E-state index contributed by atoms with van der Waals surface area (Å²) in [7, 11) is 0. The van der Waals surface area contributed by atoms with Crippen molar-refractivity contribution in [2.45, 2.75) is 39.3 Å². The highest BCUT2D eigenvalue weighted by atomic mass is 16.6. The van der Waals surface area contributed by atoms with Crippen molar-refractivity contribution in [2.75, 3.05) is 25.1 Å². The maximum Gasteiger partial charge on any atom is 0.313 e. The molecule has 0 fully saturated rings. The van der Waals surface area contributed by atoms with Crippen LogP contribution in [0.3, 0.4) is 0 Å². The molecule has 0 unspecified atom stereocenters. The van der Waals surface area contributed by atoms with E-state index in [4.69, 9.17) is 9.47 Å². The number of rotatable bonds is 7. The smallest absolute Gasteiger partial charge is 0.313 e. The Kier molecular flexibility index (Phi) is 7.35. The van der Waals surface area contributed by atoms with Gasteiger partial charge in [-0.15, -0.1) is 0 Å². The van der Waals surface area contributed by atoms with E-state index in [1.165, 1.54) is 4.90 Å². The van der Waals surface area contributed by atoms with E-state index in [9.17, 15) is 14.4 Å². The molecule has 0 bridgehead atoms. The maximum absolute atomic E-state index is 13.0. The number of hydrogen-bond acceptors (Lipinski definition) is 5. The lowest BCUT2D eigenvalue weighted by molar-refractivity contribution is -0.145. The Morgan fingerprint density at radius 3 is 2.38 bits per heavy atom. The molecule has 2 aromatic rings. The summed E-state index contributed by atoms with van der Waals surface area (Å²) in [4.78, 5) is 39.6. The van der Waals surface area contributed by atoms with Gasteiger partial charge in [-0.25, -0.2) is 0 Å². The Hall–Kier alpha value is -3.55. The summed E-state index contributed by atoms with van der Waals surface area (Å²) in [6.45, 7) is 6.56. The SMILES string of the molecule is CCC(C)(C)NC(=O)CN(Cc1ccccc1)C(=O)C(=O)Nc1ccc2c(c1)OCCO2. The number of anilines is 1. The second-order valence-electron chi connectivity index (χ2n) is 8.24. The van der Waals surface area contributed by atoms with E-state index >= 15 is 0 Å². The number of fused-ring (bicyclic) bond motifs is 1. The van der Waals surface area contributed by atoms with Crippen LogP contribution < -0.4 is 20.1 Å². The molecule has 1 aliphatic heterocycles. The first-order chi connectivity index (χ1) is 15.3. The second kappa shape index (κ2) is 10.2. The lowest BCUT2D eigenvalue weighted by Gasteiger charge is -2.27. The summed E-state index contributed by atoms with van der Waals surface area (Å²) in [6.07, 6.45) is 0.732. The molecule has 2 aromatic carbocycles. The molecule has 0 saturated carbocycles. The lowest BCUT2D eigenvalue weighted by atomic mass is 10.0. The van der Waals surface area contributed by atoms with Crippen LogP contribution in [-0.2, 0) is 20.9 Å². The fourth-order valence-electron chi connectivity index (χ4n) is 3.13. The number of carbonyl (C=O) groups excluding carboxylic acids is 3. The minimum absolute atomic E-state index is 0.133. The molecule has 0 spiro atoms. The number of benzene rings is 2. The van der Waals surface area contributed by atoms with Crippen molar-refractivity contribution in [3.63, 3.8) is 0 Å². The van der Waals surface area contributed by atoms with Crippen molar-refractivity contribution in [2.24, 2.45) is 0 Å². The summed E-state index contributed by atoms with van der Waals surface area (Å²) >= 11 is 0. The number of nitrogens with one attached hydrogen (secondary N) is 2. The van der Waals surface area contributed by atoms with Crippen molar-refractivity contribution >= 4 is 23.4 Å². The molecule has 32 heavy (non-hydrogen) atoms. The first-order valence-corrected chi connectivity index (χ1v) is 10.6. The molecule has 8 nitrogen and oxygen atoms in total. The van der Waals surface area contributed by atoms with Gasteiger partial charge in [-0.3, -0.25) is 14.4 Å². The molecule has 0 aliphatic carbocycles. The molecule has 2 N–H and O–H groups in total. The van der Waals surface area contributed by atoms with E-state index in [0.29, 0.717) is 30.4 Å². The van der Waals surface area contributed by atoms with Crippen molar-refractivity contribution in [1.82, 2.24) is 10.2 Å². The predicted molar refractivity (Wildman–Crippen MR) is 120 cm³/mol. The van der Waals surface area contributed by atoms with Crippen LogP contribution in [0.15, 0.2) is 48.5 Å². The van der Waals surface area contributed by atoms with Crippen LogP contribution in [0.2, 0.25) is 0 Å². The quantitative estimate of drug-likeness (QED) is 0.647. The molecular weight excluding hydrogens is 410 g/mol. The zero-order valence-electron chi connectivity index (χ0n) is 18.6. The van der Waals surface area contributed by atoms with Crippen LogP contribution >= 0.6 is 0 Å². The van der Waals surface area contributed by atoms with E-state index < -0.39 is 17.4 Å². The average molecular weight is 440 g/mol. The highest BCUT2D eigenvalue weighted by Gasteiger charge is 2.27. The van der Waals surface area contributed by atoms with Gasteiger partial charge in [0.25, 0.3) is 0 Å². The molecule has 8 heteroatoms. The molecular formula is C24H29N3O5. The summed E-state index contributed by atoms with van der Waals surface area (Å²) < 4.78 is 11.0. The third-order valence-corrected chi connectivity index (χ3v) is 5.19. The van der Waals surface area contributed by atoms with Gasteiger partial charge in [0, 0.05) is 23.8 Å². The Bertz CT molecular complexity index is 975. The van der Waals surface area contributed by atoms with Gasteiger partial charge < -0.3 is 25.0 Å². The summed E-state index contributed by atoms with van der Waals surface area (Å²) in [5.41, 5.74) is 0.811. The zero-order valence-corrected chi connectivity index (χ0v) is 18.6. The summed E-state index contributed by atoms with van der Waals surface area (Å²) in [6, 6.07) is 14.1. The standard InChI is InChI=1S/C24H29N3O5/c1-4-24(2,3)26-21(28)16-27(15-17-8-6-5-7-9-17)23(30)22(29)25-18-10-11-19-20(14-18)32-13-12-31-19/h5-11,14H,4,12-13,15-16H2,1-3H3,(H,25,29)(H,26,28). The predicted octanol–water partition coefficient (Wildman–Crippen LogP) is 2.73. The molecule has 3 amide bonds. The highest BCUT2D eigenvalue weighted by molar-refractivity contribution is 6.39. The van der Waals surface area contributed by atoms with E-state index in [1.807, 2.05) is 51.1 Å². The zero-order chi connectivity index (χ0) is 23.1. The Labute approximate surface area is 187 Å². The number of ether oxygens (including phenoxy) is 2. The third-order valence-electron chi connectivity index (χ3n) is 5.19. The van der Waals surface area contributed by atoms with E-state index in [0.717, 1.165) is 12.0 Å². The number of amides is 3. The number of carbonyl (C=O) groups is 3. The van der Waals surface area contributed by atoms with Gasteiger partial charge in [0.05, 0.1) is 0 Å². The second-order valence-corrected chi connectivity index (χ2v) is 8.24. The summed E-state index contributed by atoms with van der Waals surface area (Å²) in [5.74, 6) is -0.869. The molecule has 0 saturated heterocycles. The van der Waals surface area contributed by atoms with Gasteiger partial charge in [-0.2, -0.15) is 0 Å². The largest absolute Gasteiger partial charge is 0.486 e. The van der Waals surface area contributed by atoms with Gasteiger partial charge in [-0.1, -0.05) is 37.3 Å². The Balaban J connectivity index is 1.73. The lowest BCUT2D eigenvalue weighted by Crippen LogP contribution is -2.50. The van der Waals surface area contributed by atoms with Crippen LogP contribution in [0.4, 0.5) is 5.69 Å². The van der Waals surface area contributed by atoms with Crippen LogP contribution in [0.1, 0.15) is 32.8 Å². The normalized spacial score (nSPS) is 12.6. The van der Waals surface area contributed by atoms with Gasteiger partial charge >= 0.3 is 11.8 Å². The van der Waals surface area contributed by atoms with Gasteiger partial charge in [-0.05, 0) is 38.0 Å². The van der Waals surface area contributed by atoms with Crippen molar-refractivity contribution < 1.29 is 23.9 Å². The Morgan fingerprint density at radius 2 is 1.69 bits per heavy atom. The fourth-order valence-corrected chi connectivity index (χ4v) is 3.13. The maximum atomic E-state index is 13.0. The van der Waals surface area contributed by atoms with Gasteiger partial charge in [0.1, 0.15) is 19.8 Å². The van der Waals surface area contributed by atoms with Crippen LogP contribution in [0, 0.1) is 0 Å². The minimum Gasteiger partial charge on any atom is -0.486 e. The molecule has 0 radical (unpaired) electrons. The highest BCUT2D eigenvalue weighted by Crippen LogP contribution is 2.32. The van der Waals surface area contributed by atoms with Crippen LogP contribution in [0.25, 0.3) is 0 Å². The first-order valence-electron chi connectivity index (χ1n) is 10.6. The third kappa shape index (κ3) is 6.23. The topological polar surface area (TPSA) is 97.0 Å². The molecule has 1 aliphatic rings. The van der Waals surface area contributed by atoms with E-state index in [1.54, 1.807) is 18.2 Å². The average Bonchev–Trinajstić information content (AvgIpc) is 2.78. The molecule has 0 atom stereocenters. The molecule has 3 rings (SSSR count). The van der Waals surface area contributed by atoms with Crippen molar-refractivity contribution in [3.05, 3.63) is 54.1 Å². The molecule has 0 aromatic heterocycles. The fraction of sp³-hybridized carbons (Fsp3) is 0.375. The van der Waals surface area contributed by atoms with Crippen LogP contribution in [0.5, 0.6) is 11.5 Å². The van der Waals surface area contributed by atoms with Crippen molar-refractivity contribution in [3.8, 4) is 11.5 Å². The number of nitrogens with zero attached hydrogens (tertiary/aromatic N) is 1. The van der Waals surface area contributed by atoms with E-state index in [2.05, 4.69) is 10.6 Å². The Morgan fingerprint density at radius 1 is 1.00 bits per heavy atom. The molecule has 1 heterocycles.